The van der Waals surface area contributed by atoms with Gasteiger partial charge in [0.15, 0.2) is 12.3 Å². The molecule has 2 rings (SSSR count). The second kappa shape index (κ2) is 18.4. The molecular weight excluding hydrogens is 470 g/mol. The third kappa shape index (κ3) is 10.0. The Kier molecular flexibility index (Phi) is 15.7. The number of methoxy groups -OCH3 is 1. The number of unbranched alkanes of at least 4 members (excludes halogenated alkanes) is 15. The molecule has 0 radical (unpaired) electrons. The summed E-state index contributed by atoms with van der Waals surface area (Å²) in [4.78, 5) is 11.5. The van der Waals surface area contributed by atoms with Crippen molar-refractivity contribution in [1.29, 1.82) is 0 Å². The first-order valence-electron chi connectivity index (χ1n) is 16.0. The lowest BCUT2D eigenvalue weighted by molar-refractivity contribution is -0.438. The fourth-order valence-corrected chi connectivity index (χ4v) is 6.44. The number of fused-ring (bicyclic) bond motifs is 1. The van der Waals surface area contributed by atoms with Crippen molar-refractivity contribution >= 4 is 17.4 Å². The van der Waals surface area contributed by atoms with Crippen LogP contribution in [0, 0.1) is 0 Å². The molecular formula is C34H58NO3+. The first-order valence-corrected chi connectivity index (χ1v) is 16.0. The van der Waals surface area contributed by atoms with Crippen molar-refractivity contribution in [1.82, 2.24) is 0 Å². The molecule has 216 valence electrons. The summed E-state index contributed by atoms with van der Waals surface area (Å²) in [6, 6.07) is 6.44. The lowest BCUT2D eigenvalue weighted by atomic mass is 9.70. The van der Waals surface area contributed by atoms with E-state index in [0.717, 1.165) is 18.6 Å². The van der Waals surface area contributed by atoms with Gasteiger partial charge in [-0.1, -0.05) is 123 Å². The van der Waals surface area contributed by atoms with Gasteiger partial charge in [-0.05, 0) is 25.0 Å². The Labute approximate surface area is 234 Å². The third-order valence-electron chi connectivity index (χ3n) is 8.82. The zero-order valence-corrected chi connectivity index (χ0v) is 25.3. The number of ether oxygens (including phenoxy) is 1. The smallest absolute Gasteiger partial charge is 0.309 e. The molecule has 0 fully saturated rings. The minimum absolute atomic E-state index is 0.00799. The van der Waals surface area contributed by atoms with E-state index in [0.29, 0.717) is 6.54 Å². The number of carboxylic acid groups (broad SMARTS) is 1. The molecule has 38 heavy (non-hydrogen) atoms. The van der Waals surface area contributed by atoms with Gasteiger partial charge in [-0.15, -0.1) is 0 Å². The number of benzene rings is 1. The molecule has 4 nitrogen and oxygen atoms in total. The standard InChI is InChI=1S/C34H57NO3/c1-5-7-9-11-13-14-15-17-19-21-26-34(25-20-18-16-12-10-8-6-2)29(3)35(27-24-33(36)37)32-23-22-30(38-4)28-31(32)34/h22-23,28H,5-21,24-27H2,1-4H3/p+1. The van der Waals surface area contributed by atoms with Crippen LogP contribution in [-0.2, 0) is 10.2 Å². The zero-order valence-electron chi connectivity index (χ0n) is 25.3. The number of hydrogen-bond acceptors (Lipinski definition) is 2. The van der Waals surface area contributed by atoms with Crippen LogP contribution in [0.5, 0.6) is 5.75 Å². The van der Waals surface area contributed by atoms with E-state index in [2.05, 4.69) is 37.5 Å². The highest BCUT2D eigenvalue weighted by atomic mass is 16.5. The lowest BCUT2D eigenvalue weighted by Crippen LogP contribution is -2.34. The Morgan fingerprint density at radius 1 is 0.789 bits per heavy atom. The van der Waals surface area contributed by atoms with Crippen LogP contribution in [0.2, 0.25) is 0 Å². The fourth-order valence-electron chi connectivity index (χ4n) is 6.44. The summed E-state index contributed by atoms with van der Waals surface area (Å²) in [6.45, 7) is 7.37. The van der Waals surface area contributed by atoms with Gasteiger partial charge in [0.05, 0.1) is 12.5 Å². The van der Waals surface area contributed by atoms with Crippen LogP contribution >= 0.6 is 0 Å². The molecule has 0 saturated heterocycles. The molecule has 1 unspecified atom stereocenters. The maximum atomic E-state index is 11.5. The number of nitrogens with zero attached hydrogens (tertiary/aromatic N) is 1. The Morgan fingerprint density at radius 3 is 1.71 bits per heavy atom. The topological polar surface area (TPSA) is 49.5 Å². The molecule has 1 aliphatic heterocycles. The molecule has 1 atom stereocenters. The minimum atomic E-state index is -0.730. The van der Waals surface area contributed by atoms with Crippen molar-refractivity contribution in [2.24, 2.45) is 0 Å². The average molecular weight is 529 g/mol. The Bertz CT molecular complexity index is 846. The first kappa shape index (κ1) is 32.4. The fraction of sp³-hybridized carbons (Fsp3) is 0.765. The van der Waals surface area contributed by atoms with Gasteiger partial charge in [0, 0.05) is 18.6 Å². The molecule has 1 aromatic carbocycles. The molecule has 1 aromatic rings. The second-order valence-corrected chi connectivity index (χ2v) is 11.6. The Hall–Kier alpha value is -1.84. The number of aliphatic carboxylic acids is 1. The minimum Gasteiger partial charge on any atom is -0.497 e. The summed E-state index contributed by atoms with van der Waals surface area (Å²) in [5, 5.41) is 9.43. The van der Waals surface area contributed by atoms with Crippen molar-refractivity contribution in [2.45, 2.75) is 155 Å². The summed E-state index contributed by atoms with van der Waals surface area (Å²) in [5.41, 5.74) is 3.90. The summed E-state index contributed by atoms with van der Waals surface area (Å²) < 4.78 is 7.97. The highest BCUT2D eigenvalue weighted by Gasteiger charge is 2.49. The van der Waals surface area contributed by atoms with Crippen LogP contribution in [0.3, 0.4) is 0 Å². The van der Waals surface area contributed by atoms with Crippen LogP contribution in [0.4, 0.5) is 5.69 Å². The zero-order chi connectivity index (χ0) is 27.6. The quantitative estimate of drug-likeness (QED) is 0.114. The van der Waals surface area contributed by atoms with Gasteiger partial charge in [0.25, 0.3) is 0 Å². The molecule has 0 saturated carbocycles. The number of hydrogen-bond donors (Lipinski definition) is 1. The van der Waals surface area contributed by atoms with E-state index >= 15 is 0 Å². The van der Waals surface area contributed by atoms with Gasteiger partial charge >= 0.3 is 5.97 Å². The van der Waals surface area contributed by atoms with E-state index in [4.69, 9.17) is 4.74 Å². The van der Waals surface area contributed by atoms with Crippen LogP contribution < -0.4 is 4.74 Å². The van der Waals surface area contributed by atoms with Crippen molar-refractivity contribution in [2.75, 3.05) is 13.7 Å². The monoisotopic (exact) mass is 528 g/mol. The number of carboxylic acids is 1. The third-order valence-corrected chi connectivity index (χ3v) is 8.82. The van der Waals surface area contributed by atoms with E-state index in [1.54, 1.807) is 7.11 Å². The van der Waals surface area contributed by atoms with Crippen molar-refractivity contribution in [3.05, 3.63) is 23.8 Å². The van der Waals surface area contributed by atoms with E-state index < -0.39 is 5.97 Å². The average Bonchev–Trinajstić information content (AvgIpc) is 3.14. The molecule has 0 amide bonds. The number of carbonyl (C=O) groups is 1. The highest BCUT2D eigenvalue weighted by molar-refractivity contribution is 5.94. The Balaban J connectivity index is 2.10. The van der Waals surface area contributed by atoms with E-state index in [1.807, 2.05) is 6.07 Å². The molecule has 0 spiro atoms. The van der Waals surface area contributed by atoms with Gasteiger partial charge in [-0.3, -0.25) is 4.79 Å². The van der Waals surface area contributed by atoms with Gasteiger partial charge in [0.2, 0.25) is 5.69 Å². The van der Waals surface area contributed by atoms with Crippen LogP contribution in [0.25, 0.3) is 0 Å². The molecule has 1 heterocycles. The summed E-state index contributed by atoms with van der Waals surface area (Å²) in [6.07, 6.45) is 25.1. The predicted octanol–water partition coefficient (Wildman–Crippen LogP) is 9.98. The molecule has 0 aliphatic carbocycles. The van der Waals surface area contributed by atoms with Gasteiger partial charge in [-0.2, -0.15) is 4.58 Å². The highest BCUT2D eigenvalue weighted by Crippen LogP contribution is 2.48. The van der Waals surface area contributed by atoms with Crippen LogP contribution in [-0.4, -0.2) is 35.0 Å². The number of rotatable bonds is 23. The largest absolute Gasteiger partial charge is 0.497 e. The molecule has 1 aliphatic rings. The SMILES string of the molecule is CCCCCCCCCCCCC1(CCCCCCCCC)C(C)=[N+](CCC(=O)O)c2ccc(OC)cc21. The van der Waals surface area contributed by atoms with Gasteiger partial charge in [0.1, 0.15) is 12.2 Å². The molecule has 0 bridgehead atoms. The molecule has 0 aromatic heterocycles. The first-order chi connectivity index (χ1) is 18.5. The molecule has 1 N–H and O–H groups in total. The van der Waals surface area contributed by atoms with Gasteiger partial charge < -0.3 is 9.84 Å². The van der Waals surface area contributed by atoms with Crippen LogP contribution in [0.1, 0.15) is 155 Å². The summed E-state index contributed by atoms with van der Waals surface area (Å²) in [7, 11) is 1.75. The maximum Gasteiger partial charge on any atom is 0.309 e. The van der Waals surface area contributed by atoms with Crippen molar-refractivity contribution in [3.8, 4) is 5.75 Å². The van der Waals surface area contributed by atoms with E-state index in [9.17, 15) is 9.90 Å². The van der Waals surface area contributed by atoms with Crippen molar-refractivity contribution in [3.63, 3.8) is 0 Å². The maximum absolute atomic E-state index is 11.5. The van der Waals surface area contributed by atoms with Gasteiger partial charge in [-0.25, -0.2) is 0 Å². The second-order valence-electron chi connectivity index (χ2n) is 11.6. The summed E-state index contributed by atoms with van der Waals surface area (Å²) >= 11 is 0. The van der Waals surface area contributed by atoms with E-state index in [1.165, 1.54) is 126 Å². The lowest BCUT2D eigenvalue weighted by Gasteiger charge is -2.28. The van der Waals surface area contributed by atoms with Crippen molar-refractivity contribution < 1.29 is 19.2 Å². The normalized spacial score (nSPS) is 16.7. The van der Waals surface area contributed by atoms with E-state index in [-0.39, 0.29) is 11.8 Å². The predicted molar refractivity (Wildman–Crippen MR) is 161 cm³/mol. The summed E-state index contributed by atoms with van der Waals surface area (Å²) in [5.74, 6) is 0.177. The molecule has 4 heteroatoms. The Morgan fingerprint density at radius 2 is 1.26 bits per heavy atom. The van der Waals surface area contributed by atoms with Crippen LogP contribution in [0.15, 0.2) is 18.2 Å².